The van der Waals surface area contributed by atoms with Crippen molar-refractivity contribution in [1.82, 2.24) is 0 Å². The van der Waals surface area contributed by atoms with E-state index in [1.807, 2.05) is 12.1 Å². The van der Waals surface area contributed by atoms with Crippen molar-refractivity contribution in [2.24, 2.45) is 5.92 Å². The van der Waals surface area contributed by atoms with E-state index in [9.17, 15) is 29.7 Å². The van der Waals surface area contributed by atoms with Crippen molar-refractivity contribution in [3.8, 4) is 17.2 Å². The summed E-state index contributed by atoms with van der Waals surface area (Å²) in [5.74, 6) is -0.181. The molecule has 3 N–H and O–H groups in total. The molecule has 1 unspecified atom stereocenters. The lowest BCUT2D eigenvalue weighted by Crippen LogP contribution is -2.28. The summed E-state index contributed by atoms with van der Waals surface area (Å²) in [6, 6.07) is 8.53. The topological polar surface area (TPSA) is 134 Å². The highest BCUT2D eigenvalue weighted by Crippen LogP contribution is 2.34. The Morgan fingerprint density at radius 1 is 0.761 bits per heavy atom. The van der Waals surface area contributed by atoms with Crippen LogP contribution in [0.2, 0.25) is 0 Å². The number of ketones is 1. The standard InChI is InChI=1S/C18H22O3.C11H16O2.C9H14O3/c1-2-3-4-7-12-10-15(19)17-13-8-5-6-9-14(13)18(20)21-16(17)11-12;1-2-3-4-5-9-6-10(12)8-11(13)7-9;1-2-12-9(11)7-5-3-4-6-8(7)10/h10-11,19H,2-9H2,1H3;6-8,12-13H,2-5H2,1H3;7H,2-6H2,1H3. The van der Waals surface area contributed by atoms with Crippen molar-refractivity contribution in [3.63, 3.8) is 0 Å². The highest BCUT2D eigenvalue weighted by molar-refractivity contribution is 5.99. The summed E-state index contributed by atoms with van der Waals surface area (Å²) in [7, 11) is 0. The predicted octanol–water partition coefficient (Wildman–Crippen LogP) is 8.25. The van der Waals surface area contributed by atoms with E-state index in [0.29, 0.717) is 25.0 Å². The van der Waals surface area contributed by atoms with Gasteiger partial charge in [0.05, 0.1) is 12.0 Å². The number of ether oxygens (including phenoxy) is 1. The first-order valence-corrected chi connectivity index (χ1v) is 17.2. The van der Waals surface area contributed by atoms with Crippen LogP contribution in [0.5, 0.6) is 17.2 Å². The third kappa shape index (κ3) is 10.9. The summed E-state index contributed by atoms with van der Waals surface area (Å²) in [5.41, 5.74) is 4.15. The van der Waals surface area contributed by atoms with Crippen molar-refractivity contribution in [3.05, 3.63) is 63.0 Å². The van der Waals surface area contributed by atoms with Crippen LogP contribution in [-0.4, -0.2) is 33.7 Å². The molecule has 46 heavy (non-hydrogen) atoms. The molecule has 1 heterocycles. The molecule has 1 saturated carbocycles. The largest absolute Gasteiger partial charge is 0.508 e. The van der Waals surface area contributed by atoms with Crippen molar-refractivity contribution < 1.29 is 34.1 Å². The average molecular weight is 637 g/mol. The van der Waals surface area contributed by atoms with Crippen molar-refractivity contribution in [1.29, 1.82) is 0 Å². The maximum absolute atomic E-state index is 12.1. The molecule has 0 radical (unpaired) electrons. The Kier molecular flexibility index (Phi) is 15.1. The van der Waals surface area contributed by atoms with Gasteiger partial charge in [-0.25, -0.2) is 4.79 Å². The molecule has 2 aliphatic rings. The van der Waals surface area contributed by atoms with Gasteiger partial charge in [-0.3, -0.25) is 9.59 Å². The molecule has 1 aromatic heterocycles. The average Bonchev–Trinajstić information content (AvgIpc) is 3.02. The molecule has 8 heteroatoms. The van der Waals surface area contributed by atoms with Gasteiger partial charge in [-0.1, -0.05) is 46.0 Å². The molecule has 1 atom stereocenters. The summed E-state index contributed by atoms with van der Waals surface area (Å²) in [5, 5.41) is 29.5. The number of unbranched alkanes of at least 4 members (excludes halogenated alkanes) is 4. The van der Waals surface area contributed by atoms with E-state index in [1.54, 1.807) is 19.1 Å². The van der Waals surface area contributed by atoms with Gasteiger partial charge >= 0.3 is 11.6 Å². The first-order chi connectivity index (χ1) is 22.2. The quantitative estimate of drug-likeness (QED) is 0.0876. The normalized spacial score (nSPS) is 15.6. The molecule has 252 valence electrons. The van der Waals surface area contributed by atoms with Gasteiger partial charge in [0.15, 0.2) is 0 Å². The number of phenols is 3. The van der Waals surface area contributed by atoms with E-state index in [0.717, 1.165) is 91.8 Å². The van der Waals surface area contributed by atoms with Crippen LogP contribution in [0.3, 0.4) is 0 Å². The molecule has 0 aliphatic heterocycles. The second-order valence-electron chi connectivity index (χ2n) is 12.3. The highest BCUT2D eigenvalue weighted by atomic mass is 16.5. The number of carbonyl (C=O) groups is 2. The number of Topliss-reactive ketones (excluding diaryl/α,β-unsaturated/α-hetero) is 1. The van der Waals surface area contributed by atoms with Crippen LogP contribution in [-0.2, 0) is 40.0 Å². The summed E-state index contributed by atoms with van der Waals surface area (Å²) >= 11 is 0. The minimum Gasteiger partial charge on any atom is -0.508 e. The zero-order valence-electron chi connectivity index (χ0n) is 27.9. The molecule has 0 spiro atoms. The second kappa shape index (κ2) is 19.0. The molecule has 0 bridgehead atoms. The SMILES string of the molecule is CCCCCc1cc(O)c2c3c(c(=O)oc2c1)CCCC3.CCCCCc1cc(O)cc(O)c1.CCOC(=O)C1CCCCC1=O. The van der Waals surface area contributed by atoms with Crippen LogP contribution in [0.1, 0.15) is 120 Å². The second-order valence-corrected chi connectivity index (χ2v) is 12.3. The van der Waals surface area contributed by atoms with Crippen LogP contribution in [0.25, 0.3) is 11.0 Å². The number of benzene rings is 2. The van der Waals surface area contributed by atoms with Crippen LogP contribution >= 0.6 is 0 Å². The number of hydrogen-bond donors (Lipinski definition) is 3. The van der Waals surface area contributed by atoms with E-state index in [4.69, 9.17) is 9.15 Å². The van der Waals surface area contributed by atoms with Crippen LogP contribution in [0.4, 0.5) is 0 Å². The molecular weight excluding hydrogens is 584 g/mol. The number of aryl methyl sites for hydroxylation is 3. The fourth-order valence-electron chi connectivity index (χ4n) is 6.19. The Balaban J connectivity index is 0.000000200. The Morgan fingerprint density at radius 3 is 1.93 bits per heavy atom. The van der Waals surface area contributed by atoms with Gasteiger partial charge in [0, 0.05) is 18.1 Å². The summed E-state index contributed by atoms with van der Waals surface area (Å²) in [6.45, 7) is 6.44. The molecule has 1 fully saturated rings. The van der Waals surface area contributed by atoms with Crippen molar-refractivity contribution in [2.75, 3.05) is 6.61 Å². The summed E-state index contributed by atoms with van der Waals surface area (Å²) in [6.07, 6.45) is 15.6. The Bertz CT molecular complexity index is 1470. The smallest absolute Gasteiger partial charge is 0.339 e. The minimum absolute atomic E-state index is 0.0553. The van der Waals surface area contributed by atoms with Gasteiger partial charge in [0.1, 0.15) is 34.5 Å². The summed E-state index contributed by atoms with van der Waals surface area (Å²) < 4.78 is 10.3. The maximum atomic E-state index is 12.1. The third-order valence-electron chi connectivity index (χ3n) is 8.59. The maximum Gasteiger partial charge on any atom is 0.339 e. The molecule has 0 saturated heterocycles. The number of carbonyl (C=O) groups excluding carboxylic acids is 2. The van der Waals surface area contributed by atoms with E-state index >= 15 is 0 Å². The van der Waals surface area contributed by atoms with Gasteiger partial charge in [0.2, 0.25) is 0 Å². The van der Waals surface area contributed by atoms with Crippen LogP contribution in [0, 0.1) is 5.92 Å². The lowest BCUT2D eigenvalue weighted by Gasteiger charge is -2.18. The van der Waals surface area contributed by atoms with E-state index in [2.05, 4.69) is 13.8 Å². The minimum atomic E-state index is -0.460. The predicted molar refractivity (Wildman–Crippen MR) is 181 cm³/mol. The lowest BCUT2D eigenvalue weighted by molar-refractivity contribution is -0.152. The number of rotatable bonds is 10. The fourth-order valence-corrected chi connectivity index (χ4v) is 6.19. The zero-order valence-corrected chi connectivity index (χ0v) is 27.9. The van der Waals surface area contributed by atoms with Gasteiger partial charge in [-0.15, -0.1) is 0 Å². The fraction of sp³-hybridized carbons (Fsp3) is 0.553. The molecule has 3 aromatic rings. The van der Waals surface area contributed by atoms with E-state index in [1.165, 1.54) is 31.7 Å². The van der Waals surface area contributed by atoms with Gasteiger partial charge in [0.25, 0.3) is 0 Å². The highest BCUT2D eigenvalue weighted by Gasteiger charge is 2.29. The molecule has 8 nitrogen and oxygen atoms in total. The molecular formula is C38H52O8. The third-order valence-corrected chi connectivity index (χ3v) is 8.59. The summed E-state index contributed by atoms with van der Waals surface area (Å²) in [4.78, 5) is 34.5. The Hall–Kier alpha value is -3.81. The van der Waals surface area contributed by atoms with Gasteiger partial charge in [-0.2, -0.15) is 0 Å². The number of hydrogen-bond acceptors (Lipinski definition) is 8. The van der Waals surface area contributed by atoms with E-state index in [-0.39, 0.29) is 34.6 Å². The Morgan fingerprint density at radius 2 is 1.35 bits per heavy atom. The zero-order chi connectivity index (χ0) is 33.5. The number of fused-ring (bicyclic) bond motifs is 3. The molecule has 0 amide bonds. The van der Waals surface area contributed by atoms with Crippen molar-refractivity contribution in [2.45, 2.75) is 124 Å². The van der Waals surface area contributed by atoms with Gasteiger partial charge in [-0.05, 0) is 112 Å². The van der Waals surface area contributed by atoms with Crippen LogP contribution in [0.15, 0.2) is 39.5 Å². The van der Waals surface area contributed by atoms with E-state index < -0.39 is 5.92 Å². The van der Waals surface area contributed by atoms with Crippen molar-refractivity contribution >= 4 is 22.7 Å². The Labute approximate surface area is 272 Å². The first-order valence-electron chi connectivity index (χ1n) is 17.2. The first kappa shape index (κ1) is 36.7. The molecule has 2 aromatic carbocycles. The monoisotopic (exact) mass is 636 g/mol. The number of phenolic OH excluding ortho intramolecular Hbond substituents is 3. The molecule has 2 aliphatic carbocycles. The van der Waals surface area contributed by atoms with Gasteiger partial charge < -0.3 is 24.5 Å². The van der Waals surface area contributed by atoms with Crippen LogP contribution < -0.4 is 5.63 Å². The molecule has 5 rings (SSSR count). The number of esters is 1. The number of aromatic hydroxyl groups is 3. The lowest BCUT2D eigenvalue weighted by atomic mass is 9.88.